The molecule has 0 rings (SSSR count). The molecule has 1 unspecified atom stereocenters. The molecule has 0 aliphatic heterocycles. The number of methoxy groups -OCH3 is 1. The first-order valence-electron chi connectivity index (χ1n) is 3.46. The van der Waals surface area contributed by atoms with E-state index < -0.39 is 0 Å². The average Bonchev–Trinajstić information content (AvgIpc) is 2.00. The van der Waals surface area contributed by atoms with Crippen molar-refractivity contribution < 1.29 is 9.53 Å². The summed E-state index contributed by atoms with van der Waals surface area (Å²) in [6.07, 6.45) is 5.64. The summed E-state index contributed by atoms with van der Waals surface area (Å²) in [5.41, 5.74) is 0. The van der Waals surface area contributed by atoms with Crippen LogP contribution in [0.1, 0.15) is 13.3 Å². The predicted octanol–water partition coefficient (Wildman–Crippen LogP) is 0.161. The molecule has 62 valence electrons. The highest BCUT2D eigenvalue weighted by molar-refractivity contribution is 5.92. The number of terminal acetylenes is 1. The summed E-state index contributed by atoms with van der Waals surface area (Å²) >= 11 is 0. The first-order chi connectivity index (χ1) is 5.20. The van der Waals surface area contributed by atoms with E-state index in [4.69, 9.17) is 11.2 Å². The Balaban J connectivity index is 3.45. The van der Waals surface area contributed by atoms with Gasteiger partial charge >= 0.3 is 0 Å². The van der Waals surface area contributed by atoms with Gasteiger partial charge < -0.3 is 10.1 Å². The number of amides is 1. The predicted molar refractivity (Wildman–Crippen MR) is 42.9 cm³/mol. The minimum absolute atomic E-state index is 0.0819. The van der Waals surface area contributed by atoms with Gasteiger partial charge in [-0.15, -0.1) is 6.42 Å². The lowest BCUT2D eigenvalue weighted by molar-refractivity contribution is -0.116. The summed E-state index contributed by atoms with van der Waals surface area (Å²) in [5.74, 6) is 1.61. The smallest absolute Gasteiger partial charge is 0.295 e. The van der Waals surface area contributed by atoms with Crippen molar-refractivity contribution in [3.05, 3.63) is 0 Å². The van der Waals surface area contributed by atoms with Crippen LogP contribution in [0.4, 0.5) is 0 Å². The summed E-state index contributed by atoms with van der Waals surface area (Å²) in [6, 6.07) is 0.0819. The molecule has 0 aliphatic carbocycles. The quantitative estimate of drug-likeness (QED) is 0.587. The Hall–Kier alpha value is -1.01. The number of rotatable bonds is 4. The van der Waals surface area contributed by atoms with Crippen LogP contribution in [-0.4, -0.2) is 25.7 Å². The molecule has 0 spiro atoms. The fraction of sp³-hybridized carbons (Fsp3) is 0.625. The van der Waals surface area contributed by atoms with Gasteiger partial charge in [0, 0.05) is 19.8 Å². The molecule has 0 saturated carbocycles. The van der Waals surface area contributed by atoms with Crippen molar-refractivity contribution in [1.82, 2.24) is 5.32 Å². The highest BCUT2D eigenvalue weighted by atomic mass is 16.5. The van der Waals surface area contributed by atoms with Crippen molar-refractivity contribution in [1.29, 1.82) is 0 Å². The second-order valence-corrected chi connectivity index (χ2v) is 2.30. The number of carbonyl (C=O) groups excluding carboxylic acids is 1. The zero-order chi connectivity index (χ0) is 8.69. The van der Waals surface area contributed by atoms with E-state index in [0.29, 0.717) is 6.61 Å². The van der Waals surface area contributed by atoms with Gasteiger partial charge in [-0.1, -0.05) is 0 Å². The van der Waals surface area contributed by atoms with E-state index in [1.54, 1.807) is 7.11 Å². The molecular weight excluding hydrogens is 142 g/mol. The zero-order valence-electron chi connectivity index (χ0n) is 6.89. The monoisotopic (exact) mass is 155 g/mol. The van der Waals surface area contributed by atoms with E-state index >= 15 is 0 Å². The minimum atomic E-state index is -0.367. The third-order valence-electron chi connectivity index (χ3n) is 1.26. The lowest BCUT2D eigenvalue weighted by Crippen LogP contribution is -2.32. The Bertz CT molecular complexity index is 160. The fourth-order valence-electron chi connectivity index (χ4n) is 0.632. The van der Waals surface area contributed by atoms with Crippen molar-refractivity contribution in [2.75, 3.05) is 13.7 Å². The zero-order valence-corrected chi connectivity index (χ0v) is 6.89. The van der Waals surface area contributed by atoms with E-state index in [9.17, 15) is 4.79 Å². The van der Waals surface area contributed by atoms with Gasteiger partial charge in [-0.05, 0) is 19.3 Å². The molecule has 0 bridgehead atoms. The molecule has 3 heteroatoms. The SMILES string of the molecule is C#CC(=O)NC(C)CCOC. The molecule has 0 aromatic rings. The van der Waals surface area contributed by atoms with Crippen LogP contribution in [0, 0.1) is 12.3 Å². The lowest BCUT2D eigenvalue weighted by Gasteiger charge is -2.09. The third-order valence-corrected chi connectivity index (χ3v) is 1.26. The average molecular weight is 155 g/mol. The van der Waals surface area contributed by atoms with Crippen LogP contribution in [0.3, 0.4) is 0 Å². The third kappa shape index (κ3) is 5.43. The Morgan fingerprint density at radius 3 is 2.91 bits per heavy atom. The molecule has 0 fully saturated rings. The molecule has 1 N–H and O–H groups in total. The van der Waals surface area contributed by atoms with Gasteiger partial charge in [0.2, 0.25) is 0 Å². The number of hydrogen-bond acceptors (Lipinski definition) is 2. The summed E-state index contributed by atoms with van der Waals surface area (Å²) in [5, 5.41) is 2.61. The first-order valence-corrected chi connectivity index (χ1v) is 3.46. The van der Waals surface area contributed by atoms with Crippen LogP contribution >= 0.6 is 0 Å². The van der Waals surface area contributed by atoms with E-state index in [0.717, 1.165) is 6.42 Å². The van der Waals surface area contributed by atoms with E-state index in [2.05, 4.69) is 5.32 Å². The van der Waals surface area contributed by atoms with E-state index in [1.165, 1.54) is 0 Å². The molecule has 11 heavy (non-hydrogen) atoms. The molecule has 0 heterocycles. The van der Waals surface area contributed by atoms with Crippen LogP contribution in [0.2, 0.25) is 0 Å². The van der Waals surface area contributed by atoms with Crippen molar-refractivity contribution in [2.45, 2.75) is 19.4 Å². The maximum absolute atomic E-state index is 10.6. The molecule has 0 saturated heterocycles. The van der Waals surface area contributed by atoms with Gasteiger partial charge in [0.25, 0.3) is 5.91 Å². The van der Waals surface area contributed by atoms with Crippen molar-refractivity contribution in [3.63, 3.8) is 0 Å². The van der Waals surface area contributed by atoms with Crippen molar-refractivity contribution in [2.24, 2.45) is 0 Å². The van der Waals surface area contributed by atoms with Crippen LogP contribution in [0.15, 0.2) is 0 Å². The molecule has 0 radical (unpaired) electrons. The molecule has 1 amide bonds. The summed E-state index contributed by atoms with van der Waals surface area (Å²) in [4.78, 5) is 10.6. The Morgan fingerprint density at radius 2 is 2.45 bits per heavy atom. The molecule has 0 aliphatic rings. The topological polar surface area (TPSA) is 38.3 Å². The highest BCUT2D eigenvalue weighted by Gasteiger charge is 2.02. The van der Waals surface area contributed by atoms with Crippen molar-refractivity contribution >= 4 is 5.91 Å². The largest absolute Gasteiger partial charge is 0.385 e. The molecular formula is C8H13NO2. The molecule has 0 aromatic heterocycles. The van der Waals surface area contributed by atoms with Crippen LogP contribution in [-0.2, 0) is 9.53 Å². The maximum Gasteiger partial charge on any atom is 0.295 e. The summed E-state index contributed by atoms with van der Waals surface area (Å²) in [6.45, 7) is 2.51. The van der Waals surface area contributed by atoms with Gasteiger partial charge in [-0.3, -0.25) is 4.79 Å². The second kappa shape index (κ2) is 5.75. The minimum Gasteiger partial charge on any atom is -0.385 e. The number of hydrogen-bond donors (Lipinski definition) is 1. The van der Waals surface area contributed by atoms with Crippen LogP contribution in [0.25, 0.3) is 0 Å². The van der Waals surface area contributed by atoms with Crippen LogP contribution < -0.4 is 5.32 Å². The van der Waals surface area contributed by atoms with Gasteiger partial charge in [-0.25, -0.2) is 0 Å². The van der Waals surface area contributed by atoms with E-state index in [1.807, 2.05) is 12.8 Å². The van der Waals surface area contributed by atoms with Gasteiger partial charge in [0.1, 0.15) is 0 Å². The fourth-order valence-corrected chi connectivity index (χ4v) is 0.632. The van der Waals surface area contributed by atoms with Gasteiger partial charge in [0.05, 0.1) is 0 Å². The lowest BCUT2D eigenvalue weighted by atomic mass is 10.2. The van der Waals surface area contributed by atoms with Gasteiger partial charge in [-0.2, -0.15) is 0 Å². The first kappa shape index (κ1) is 9.99. The Kier molecular flexibility index (Phi) is 5.22. The Morgan fingerprint density at radius 1 is 1.82 bits per heavy atom. The highest BCUT2D eigenvalue weighted by Crippen LogP contribution is 1.89. The van der Waals surface area contributed by atoms with Crippen LogP contribution in [0.5, 0.6) is 0 Å². The van der Waals surface area contributed by atoms with E-state index in [-0.39, 0.29) is 11.9 Å². The molecule has 0 aromatic carbocycles. The summed E-state index contributed by atoms with van der Waals surface area (Å²) < 4.78 is 4.82. The van der Waals surface area contributed by atoms with Crippen molar-refractivity contribution in [3.8, 4) is 12.3 Å². The van der Waals surface area contributed by atoms with Gasteiger partial charge in [0.15, 0.2) is 0 Å². The maximum atomic E-state index is 10.6. The second-order valence-electron chi connectivity index (χ2n) is 2.30. The molecule has 1 atom stereocenters. The summed E-state index contributed by atoms with van der Waals surface area (Å²) in [7, 11) is 1.62. The number of carbonyl (C=O) groups is 1. The number of ether oxygens (including phenoxy) is 1. The number of nitrogens with one attached hydrogen (secondary N) is 1. The Labute approximate surface area is 67.1 Å². The normalized spacial score (nSPS) is 11.7. The standard InChI is InChI=1S/C8H13NO2/c1-4-8(10)9-7(2)5-6-11-3/h1,7H,5-6H2,2-3H3,(H,9,10). The molecule has 3 nitrogen and oxygen atoms in total.